The normalized spacial score (nSPS) is 15.6. The Labute approximate surface area is 175 Å². The number of ether oxygens (including phenoxy) is 2. The molecule has 8 heteroatoms. The molecule has 0 bridgehead atoms. The number of aliphatic imine (C=N–C) groups is 1. The molecule has 0 saturated carbocycles. The lowest BCUT2D eigenvalue weighted by atomic mass is 10.2. The molecule has 8 nitrogen and oxygen atoms in total. The van der Waals surface area contributed by atoms with Crippen LogP contribution in [0.4, 0.5) is 5.82 Å². The Morgan fingerprint density at radius 2 is 1.86 bits per heavy atom. The lowest BCUT2D eigenvalue weighted by Crippen LogP contribution is -2.45. The van der Waals surface area contributed by atoms with Gasteiger partial charge in [0.05, 0.1) is 19.8 Å². The molecule has 0 unspecified atom stereocenters. The first-order valence-corrected chi connectivity index (χ1v) is 10.7. The van der Waals surface area contributed by atoms with Crippen LogP contribution in [0.3, 0.4) is 0 Å². The molecule has 1 saturated heterocycles. The van der Waals surface area contributed by atoms with Crippen LogP contribution in [0.2, 0.25) is 0 Å². The number of pyridine rings is 1. The van der Waals surface area contributed by atoms with E-state index in [2.05, 4.69) is 50.4 Å². The van der Waals surface area contributed by atoms with E-state index in [0.29, 0.717) is 32.9 Å². The number of anilines is 1. The predicted molar refractivity (Wildman–Crippen MR) is 119 cm³/mol. The van der Waals surface area contributed by atoms with Gasteiger partial charge in [-0.3, -0.25) is 4.99 Å². The fourth-order valence-corrected chi connectivity index (χ4v) is 3.08. The lowest BCUT2D eigenvalue weighted by molar-refractivity contribution is 0.0487. The van der Waals surface area contributed by atoms with Gasteiger partial charge in [0, 0.05) is 64.7 Å². The van der Waals surface area contributed by atoms with Crippen molar-refractivity contribution in [1.29, 1.82) is 0 Å². The second-order valence-electron chi connectivity index (χ2n) is 7.21. The monoisotopic (exact) mass is 406 g/mol. The Morgan fingerprint density at radius 3 is 2.59 bits per heavy atom. The maximum Gasteiger partial charge on any atom is 0.191 e. The van der Waals surface area contributed by atoms with E-state index in [0.717, 1.165) is 57.4 Å². The number of hydrogen-bond acceptors (Lipinski definition) is 6. The standard InChI is InChI=1S/C21H38N6O2/c1-4-5-14-28-16-17-29-15-9-24-21(22-2)25-18-19-7-6-8-23-20(19)27-12-10-26(3)11-13-27/h6-8H,4-5,9-18H2,1-3H3,(H2,22,24,25). The number of hydrogen-bond donors (Lipinski definition) is 2. The van der Waals surface area contributed by atoms with Crippen LogP contribution in [-0.2, 0) is 16.0 Å². The van der Waals surface area contributed by atoms with Crippen molar-refractivity contribution in [1.82, 2.24) is 20.5 Å². The molecule has 29 heavy (non-hydrogen) atoms. The molecule has 1 aromatic rings. The van der Waals surface area contributed by atoms with Gasteiger partial charge in [0.15, 0.2) is 5.96 Å². The Kier molecular flexibility index (Phi) is 11.4. The van der Waals surface area contributed by atoms with E-state index in [1.54, 1.807) is 7.05 Å². The molecule has 164 valence electrons. The first-order chi connectivity index (χ1) is 14.2. The molecule has 1 fully saturated rings. The second kappa shape index (κ2) is 14.1. The van der Waals surface area contributed by atoms with Gasteiger partial charge in [0.1, 0.15) is 5.82 Å². The average molecular weight is 407 g/mol. The molecule has 1 aliphatic rings. The largest absolute Gasteiger partial charge is 0.379 e. The number of nitrogens with zero attached hydrogens (tertiary/aromatic N) is 4. The summed E-state index contributed by atoms with van der Waals surface area (Å²) in [6, 6.07) is 4.12. The van der Waals surface area contributed by atoms with E-state index in [-0.39, 0.29) is 0 Å². The van der Waals surface area contributed by atoms with Crippen LogP contribution in [0.25, 0.3) is 0 Å². The molecule has 2 heterocycles. The molecule has 0 atom stereocenters. The van der Waals surface area contributed by atoms with Crippen molar-refractivity contribution in [2.75, 3.05) is 78.1 Å². The van der Waals surface area contributed by atoms with E-state index >= 15 is 0 Å². The van der Waals surface area contributed by atoms with Crippen LogP contribution in [0.1, 0.15) is 25.3 Å². The molecule has 1 aliphatic heterocycles. The number of guanidine groups is 1. The number of aromatic nitrogens is 1. The van der Waals surface area contributed by atoms with Crippen LogP contribution in [0.5, 0.6) is 0 Å². The van der Waals surface area contributed by atoms with Gasteiger partial charge in [-0.1, -0.05) is 19.4 Å². The highest BCUT2D eigenvalue weighted by molar-refractivity contribution is 5.79. The third-order valence-electron chi connectivity index (χ3n) is 4.89. The van der Waals surface area contributed by atoms with Gasteiger partial charge in [0.25, 0.3) is 0 Å². The molecule has 0 amide bonds. The van der Waals surface area contributed by atoms with Gasteiger partial charge in [-0.2, -0.15) is 0 Å². The highest BCUT2D eigenvalue weighted by Gasteiger charge is 2.17. The van der Waals surface area contributed by atoms with E-state index in [9.17, 15) is 0 Å². The van der Waals surface area contributed by atoms with Crippen LogP contribution in [0.15, 0.2) is 23.3 Å². The maximum absolute atomic E-state index is 5.59. The fraction of sp³-hybridized carbons (Fsp3) is 0.714. The molecule has 0 spiro atoms. The maximum atomic E-state index is 5.59. The van der Waals surface area contributed by atoms with Crippen molar-refractivity contribution < 1.29 is 9.47 Å². The highest BCUT2D eigenvalue weighted by Crippen LogP contribution is 2.18. The molecule has 2 rings (SSSR count). The summed E-state index contributed by atoms with van der Waals surface area (Å²) in [7, 11) is 3.94. The summed E-state index contributed by atoms with van der Waals surface area (Å²) in [6.45, 7) is 10.4. The zero-order chi connectivity index (χ0) is 20.7. The molecular weight excluding hydrogens is 368 g/mol. The predicted octanol–water partition coefficient (Wildman–Crippen LogP) is 1.33. The number of nitrogens with one attached hydrogen (secondary N) is 2. The lowest BCUT2D eigenvalue weighted by Gasteiger charge is -2.34. The first kappa shape index (κ1) is 23.4. The van der Waals surface area contributed by atoms with Crippen molar-refractivity contribution in [2.45, 2.75) is 26.3 Å². The Bertz CT molecular complexity index is 590. The zero-order valence-corrected chi connectivity index (χ0v) is 18.3. The van der Waals surface area contributed by atoms with Gasteiger partial charge in [-0.05, 0) is 19.5 Å². The minimum atomic E-state index is 0.622. The van der Waals surface area contributed by atoms with Crippen molar-refractivity contribution in [3.8, 4) is 0 Å². The molecule has 0 aromatic carbocycles. The van der Waals surface area contributed by atoms with Gasteiger partial charge < -0.3 is 29.9 Å². The number of rotatable bonds is 12. The Hall–Kier alpha value is -1.90. The average Bonchev–Trinajstić information content (AvgIpc) is 2.75. The third kappa shape index (κ3) is 8.97. The topological polar surface area (TPSA) is 74.2 Å². The van der Waals surface area contributed by atoms with E-state index in [1.807, 2.05) is 12.3 Å². The Morgan fingerprint density at radius 1 is 1.10 bits per heavy atom. The van der Waals surface area contributed by atoms with Crippen LogP contribution in [-0.4, -0.2) is 89.1 Å². The Balaban J connectivity index is 1.68. The van der Waals surface area contributed by atoms with Crippen molar-refractivity contribution in [3.05, 3.63) is 23.9 Å². The number of piperazine rings is 1. The smallest absolute Gasteiger partial charge is 0.191 e. The van der Waals surface area contributed by atoms with Crippen molar-refractivity contribution in [2.24, 2.45) is 4.99 Å². The van der Waals surface area contributed by atoms with Gasteiger partial charge in [-0.15, -0.1) is 0 Å². The van der Waals surface area contributed by atoms with Crippen molar-refractivity contribution >= 4 is 11.8 Å². The quantitative estimate of drug-likeness (QED) is 0.308. The molecule has 1 aromatic heterocycles. The molecular formula is C21H38N6O2. The van der Waals surface area contributed by atoms with Gasteiger partial charge in [-0.25, -0.2) is 4.98 Å². The van der Waals surface area contributed by atoms with Crippen LogP contribution < -0.4 is 15.5 Å². The SMILES string of the molecule is CCCCOCCOCCNC(=NC)NCc1cccnc1N1CCN(C)CC1. The summed E-state index contributed by atoms with van der Waals surface area (Å²) in [5, 5.41) is 6.67. The van der Waals surface area contributed by atoms with E-state index < -0.39 is 0 Å². The van der Waals surface area contributed by atoms with Gasteiger partial charge in [0.2, 0.25) is 0 Å². The first-order valence-electron chi connectivity index (χ1n) is 10.7. The fourth-order valence-electron chi connectivity index (χ4n) is 3.08. The third-order valence-corrected chi connectivity index (χ3v) is 4.89. The van der Waals surface area contributed by atoms with E-state index in [1.165, 1.54) is 5.56 Å². The van der Waals surface area contributed by atoms with Crippen LogP contribution in [0, 0.1) is 0 Å². The number of likely N-dealkylation sites (N-methyl/N-ethyl adjacent to an activating group) is 1. The molecule has 0 radical (unpaired) electrons. The summed E-state index contributed by atoms with van der Waals surface area (Å²) in [4.78, 5) is 13.6. The summed E-state index contributed by atoms with van der Waals surface area (Å²) in [5.41, 5.74) is 1.18. The summed E-state index contributed by atoms with van der Waals surface area (Å²) >= 11 is 0. The number of unbranched alkanes of at least 4 members (excludes halogenated alkanes) is 1. The molecule has 2 N–H and O–H groups in total. The summed E-state index contributed by atoms with van der Waals surface area (Å²) in [6.07, 6.45) is 4.14. The van der Waals surface area contributed by atoms with Crippen molar-refractivity contribution in [3.63, 3.8) is 0 Å². The minimum Gasteiger partial charge on any atom is -0.379 e. The van der Waals surface area contributed by atoms with Gasteiger partial charge >= 0.3 is 0 Å². The zero-order valence-electron chi connectivity index (χ0n) is 18.3. The summed E-state index contributed by atoms with van der Waals surface area (Å²) < 4.78 is 11.1. The highest BCUT2D eigenvalue weighted by atomic mass is 16.5. The minimum absolute atomic E-state index is 0.622. The van der Waals surface area contributed by atoms with E-state index in [4.69, 9.17) is 9.47 Å². The van der Waals surface area contributed by atoms with Crippen LogP contribution >= 0.6 is 0 Å². The second-order valence-corrected chi connectivity index (χ2v) is 7.21. The molecule has 0 aliphatic carbocycles. The summed E-state index contributed by atoms with van der Waals surface area (Å²) in [5.74, 6) is 1.83.